The third kappa shape index (κ3) is 3.94. The van der Waals surface area contributed by atoms with Gasteiger partial charge in [-0.1, -0.05) is 17.7 Å². The van der Waals surface area contributed by atoms with E-state index in [1.165, 1.54) is 0 Å². The molecule has 5 nitrogen and oxygen atoms in total. The van der Waals surface area contributed by atoms with E-state index in [-0.39, 0.29) is 4.90 Å². The van der Waals surface area contributed by atoms with E-state index in [4.69, 9.17) is 4.42 Å². The predicted molar refractivity (Wildman–Crippen MR) is 94.1 cm³/mol. The molecule has 3 rings (SSSR count). The second kappa shape index (κ2) is 7.05. The van der Waals surface area contributed by atoms with Crippen LogP contribution in [0.5, 0.6) is 0 Å². The third-order valence-electron chi connectivity index (χ3n) is 3.97. The largest absolute Gasteiger partial charge is 0.465 e. The molecule has 1 fully saturated rings. The lowest BCUT2D eigenvalue weighted by Crippen LogP contribution is -2.22. The van der Waals surface area contributed by atoms with Gasteiger partial charge in [-0.3, -0.25) is 0 Å². The molecular formula is C18H20N2O3S. The number of hydrogen-bond donors (Lipinski definition) is 1. The van der Waals surface area contributed by atoms with Crippen molar-refractivity contribution in [2.24, 2.45) is 5.10 Å². The molecule has 0 spiro atoms. The molecule has 0 amide bonds. The number of nitrogens with zero attached hydrogens (tertiary/aromatic N) is 1. The monoisotopic (exact) mass is 344 g/mol. The number of hydrazone groups is 1. The second-order valence-electron chi connectivity index (χ2n) is 5.86. The molecule has 0 unspecified atom stereocenters. The number of allylic oxidation sites excluding steroid dienone is 1. The van der Waals surface area contributed by atoms with Crippen molar-refractivity contribution in [3.63, 3.8) is 0 Å². The Morgan fingerprint density at radius 1 is 1.12 bits per heavy atom. The number of nitrogens with one attached hydrogen (secondary N) is 1. The van der Waals surface area contributed by atoms with E-state index >= 15 is 0 Å². The molecule has 1 aromatic heterocycles. The minimum Gasteiger partial charge on any atom is -0.465 e. The molecule has 126 valence electrons. The number of rotatable bonds is 4. The molecule has 6 heteroatoms. The molecule has 0 radical (unpaired) electrons. The summed E-state index contributed by atoms with van der Waals surface area (Å²) < 4.78 is 30.0. The quantitative estimate of drug-likeness (QED) is 0.856. The standard InChI is InChI=1S/C18H20N2O3S/c1-14-8-10-17(11-9-14)24(21,22)20-19-18-7-3-2-5-15(18)13-16-6-4-12-23-16/h4,6,8-13,20H,2-3,5,7H2,1H3/b15-13-,19-18-. The van der Waals surface area contributed by atoms with Crippen molar-refractivity contribution in [3.05, 3.63) is 59.6 Å². The molecule has 1 aliphatic rings. The average Bonchev–Trinajstić information content (AvgIpc) is 3.08. The molecular weight excluding hydrogens is 324 g/mol. The normalized spacial score (nSPS) is 18.9. The van der Waals surface area contributed by atoms with E-state index in [1.807, 2.05) is 25.1 Å². The Labute approximate surface area is 142 Å². The maximum absolute atomic E-state index is 12.4. The fraction of sp³-hybridized carbons (Fsp3) is 0.278. The predicted octanol–water partition coefficient (Wildman–Crippen LogP) is 3.88. The fourth-order valence-electron chi connectivity index (χ4n) is 2.63. The van der Waals surface area contributed by atoms with Crippen molar-refractivity contribution in [1.82, 2.24) is 4.83 Å². The van der Waals surface area contributed by atoms with E-state index < -0.39 is 10.0 Å². The smallest absolute Gasteiger partial charge is 0.276 e. The van der Waals surface area contributed by atoms with Crippen LogP contribution in [-0.2, 0) is 10.0 Å². The average molecular weight is 344 g/mol. The van der Waals surface area contributed by atoms with Crippen LogP contribution >= 0.6 is 0 Å². The summed E-state index contributed by atoms with van der Waals surface area (Å²) in [5.74, 6) is 0.751. The Balaban J connectivity index is 1.82. The van der Waals surface area contributed by atoms with Gasteiger partial charge in [-0.25, -0.2) is 0 Å². The zero-order chi connectivity index (χ0) is 17.0. The number of furan rings is 1. The third-order valence-corrected chi connectivity index (χ3v) is 5.20. The highest BCUT2D eigenvalue weighted by Gasteiger charge is 2.17. The highest BCUT2D eigenvalue weighted by molar-refractivity contribution is 7.89. The van der Waals surface area contributed by atoms with Gasteiger partial charge in [0.15, 0.2) is 0 Å². The maximum Gasteiger partial charge on any atom is 0.276 e. The highest BCUT2D eigenvalue weighted by Crippen LogP contribution is 2.23. The molecule has 1 saturated carbocycles. The van der Waals surface area contributed by atoms with Gasteiger partial charge in [0.2, 0.25) is 0 Å². The number of sulfonamides is 1. The summed E-state index contributed by atoms with van der Waals surface area (Å²) in [7, 11) is -3.65. The fourth-order valence-corrected chi connectivity index (χ4v) is 3.46. The van der Waals surface area contributed by atoms with Crippen LogP contribution in [0, 0.1) is 6.92 Å². The highest BCUT2D eigenvalue weighted by atomic mass is 32.2. The summed E-state index contributed by atoms with van der Waals surface area (Å²) in [6.45, 7) is 1.91. The second-order valence-corrected chi connectivity index (χ2v) is 7.52. The lowest BCUT2D eigenvalue weighted by Gasteiger charge is -2.16. The van der Waals surface area contributed by atoms with Gasteiger partial charge in [0.05, 0.1) is 16.9 Å². The van der Waals surface area contributed by atoms with Gasteiger partial charge in [-0.05, 0) is 68.5 Å². The van der Waals surface area contributed by atoms with Crippen LogP contribution in [0.1, 0.15) is 37.0 Å². The van der Waals surface area contributed by atoms with Gasteiger partial charge in [0, 0.05) is 0 Å². The summed E-state index contributed by atoms with van der Waals surface area (Å²) in [6, 6.07) is 10.4. The van der Waals surface area contributed by atoms with Crippen LogP contribution in [-0.4, -0.2) is 14.1 Å². The Morgan fingerprint density at radius 2 is 1.88 bits per heavy atom. The number of hydrogen-bond acceptors (Lipinski definition) is 4. The minimum absolute atomic E-state index is 0.213. The van der Waals surface area contributed by atoms with Crippen molar-refractivity contribution in [2.75, 3.05) is 0 Å². The number of aryl methyl sites for hydroxylation is 1. The zero-order valence-electron chi connectivity index (χ0n) is 13.5. The molecule has 2 aromatic rings. The van der Waals surface area contributed by atoms with Crippen molar-refractivity contribution in [1.29, 1.82) is 0 Å². The lowest BCUT2D eigenvalue weighted by atomic mass is 9.92. The molecule has 0 saturated heterocycles. The Kier molecular flexibility index (Phi) is 4.85. The summed E-state index contributed by atoms with van der Waals surface area (Å²) in [5.41, 5.74) is 2.80. The first-order valence-corrected chi connectivity index (χ1v) is 9.42. The molecule has 0 aliphatic heterocycles. The lowest BCUT2D eigenvalue weighted by molar-refractivity contribution is 0.556. The van der Waals surface area contributed by atoms with E-state index in [1.54, 1.807) is 30.5 Å². The molecule has 1 heterocycles. The maximum atomic E-state index is 12.4. The first kappa shape index (κ1) is 16.5. The van der Waals surface area contributed by atoms with Gasteiger partial charge in [0.25, 0.3) is 10.0 Å². The Hall–Kier alpha value is -2.34. The summed E-state index contributed by atoms with van der Waals surface area (Å²) in [6.07, 6.45) is 7.23. The first-order chi connectivity index (χ1) is 11.5. The van der Waals surface area contributed by atoms with Crippen molar-refractivity contribution in [2.45, 2.75) is 37.5 Å². The van der Waals surface area contributed by atoms with Crippen LogP contribution in [0.15, 0.2) is 62.6 Å². The van der Waals surface area contributed by atoms with Crippen LogP contribution in [0.3, 0.4) is 0 Å². The molecule has 1 aromatic carbocycles. The minimum atomic E-state index is -3.65. The van der Waals surface area contributed by atoms with Crippen molar-refractivity contribution in [3.8, 4) is 0 Å². The van der Waals surface area contributed by atoms with E-state index in [0.717, 1.165) is 48.3 Å². The van der Waals surface area contributed by atoms with Crippen LogP contribution in [0.25, 0.3) is 6.08 Å². The van der Waals surface area contributed by atoms with Crippen LogP contribution < -0.4 is 4.83 Å². The van der Waals surface area contributed by atoms with E-state index in [2.05, 4.69) is 9.93 Å². The van der Waals surface area contributed by atoms with Gasteiger partial charge in [0.1, 0.15) is 5.76 Å². The zero-order valence-corrected chi connectivity index (χ0v) is 14.3. The van der Waals surface area contributed by atoms with E-state index in [9.17, 15) is 8.42 Å². The van der Waals surface area contributed by atoms with Gasteiger partial charge < -0.3 is 4.42 Å². The van der Waals surface area contributed by atoms with Gasteiger partial charge >= 0.3 is 0 Å². The summed E-state index contributed by atoms with van der Waals surface area (Å²) in [5, 5.41) is 4.18. The van der Waals surface area contributed by atoms with Gasteiger partial charge in [-0.2, -0.15) is 18.4 Å². The van der Waals surface area contributed by atoms with E-state index in [0.29, 0.717) is 0 Å². The Bertz CT molecular complexity index is 848. The van der Waals surface area contributed by atoms with Gasteiger partial charge in [-0.15, -0.1) is 0 Å². The molecule has 1 N–H and O–H groups in total. The molecule has 0 atom stereocenters. The first-order valence-electron chi connectivity index (χ1n) is 7.94. The topological polar surface area (TPSA) is 71.7 Å². The van der Waals surface area contributed by atoms with Crippen molar-refractivity contribution >= 4 is 21.8 Å². The van der Waals surface area contributed by atoms with Crippen LogP contribution in [0.2, 0.25) is 0 Å². The summed E-state index contributed by atoms with van der Waals surface area (Å²) >= 11 is 0. The Morgan fingerprint density at radius 3 is 2.58 bits per heavy atom. The molecule has 24 heavy (non-hydrogen) atoms. The molecule has 0 bridgehead atoms. The van der Waals surface area contributed by atoms with Crippen LogP contribution in [0.4, 0.5) is 0 Å². The molecule has 1 aliphatic carbocycles. The van der Waals surface area contributed by atoms with Crippen molar-refractivity contribution < 1.29 is 12.8 Å². The number of benzene rings is 1. The SMILES string of the molecule is Cc1ccc(S(=O)(=O)N/N=C2/CCCC/C2=C/c2ccco2)cc1. The summed E-state index contributed by atoms with van der Waals surface area (Å²) in [4.78, 5) is 2.58.